The van der Waals surface area contributed by atoms with E-state index in [0.717, 1.165) is 14.2 Å². The Morgan fingerprint density at radius 2 is 1.25 bits per heavy atom. The fraction of sp³-hybridized carbons (Fsp3) is 0.143. The first kappa shape index (κ1) is 18.0. The third-order valence-electron chi connectivity index (χ3n) is 3.13. The summed E-state index contributed by atoms with van der Waals surface area (Å²) >= 11 is 0. The van der Waals surface area contributed by atoms with Crippen molar-refractivity contribution in [3.05, 3.63) is 46.8 Å². The summed E-state index contributed by atoms with van der Waals surface area (Å²) in [7, 11) is 1.86. The van der Waals surface area contributed by atoms with Crippen LogP contribution in [0.15, 0.2) is 6.07 Å². The molecule has 1 radical (unpaired) electrons. The number of halogens is 7. The third kappa shape index (κ3) is 2.76. The van der Waals surface area contributed by atoms with E-state index in [4.69, 9.17) is 0 Å². The van der Waals surface area contributed by atoms with Crippen molar-refractivity contribution in [2.24, 2.45) is 0 Å². The molecule has 2 rings (SSSR count). The van der Waals surface area contributed by atoms with Crippen molar-refractivity contribution in [2.45, 2.75) is 0 Å². The molecule has 2 aromatic carbocycles. The van der Waals surface area contributed by atoms with Gasteiger partial charge in [0.15, 0.2) is 46.4 Å². The molecule has 0 amide bonds. The van der Waals surface area contributed by atoms with Crippen molar-refractivity contribution in [3.8, 4) is 11.5 Å². The molecule has 0 atom stereocenters. The molecule has 2 nitrogen and oxygen atoms in total. The topological polar surface area (TPSA) is 18.5 Å². The highest BCUT2D eigenvalue weighted by molar-refractivity contribution is 6.67. The number of benzene rings is 2. The largest absolute Gasteiger partial charge is 0.494 e. The van der Waals surface area contributed by atoms with Gasteiger partial charge < -0.3 is 9.47 Å². The Morgan fingerprint density at radius 3 is 1.79 bits per heavy atom. The number of hydrogen-bond donors (Lipinski definition) is 0. The minimum absolute atomic E-state index is 0.145. The third-order valence-corrected chi connectivity index (χ3v) is 3.13. The zero-order valence-corrected chi connectivity index (χ0v) is 12.1. The van der Waals surface area contributed by atoms with Crippen LogP contribution in [-0.2, 0) is 0 Å². The van der Waals surface area contributed by atoms with E-state index < -0.39 is 63.1 Å². The maximum absolute atomic E-state index is 14.0. The van der Waals surface area contributed by atoms with Gasteiger partial charge in [-0.25, -0.2) is 26.3 Å². The van der Waals surface area contributed by atoms with Gasteiger partial charge in [-0.2, -0.15) is 4.39 Å². The van der Waals surface area contributed by atoms with E-state index in [0.29, 0.717) is 6.07 Å². The monoisotopic (exact) mass is 351 g/mol. The molecule has 0 heterocycles. The Bertz CT molecular complexity index is 811. The van der Waals surface area contributed by atoms with Crippen LogP contribution in [0.4, 0.5) is 30.7 Å². The Morgan fingerprint density at radius 1 is 0.667 bits per heavy atom. The van der Waals surface area contributed by atoms with E-state index in [9.17, 15) is 30.7 Å². The standard InChI is InChI=1S/C14H7BF7O2/c1-23-5-3-4(16)8(17)6(9(5)18)15-7-10(19)12(21)13(22)14(24-2)11(7)20/h3H,1-2H3. The maximum atomic E-state index is 14.0. The van der Waals surface area contributed by atoms with E-state index in [-0.39, 0.29) is 7.28 Å². The molecule has 0 saturated carbocycles. The first-order valence-electron chi connectivity index (χ1n) is 6.20. The van der Waals surface area contributed by atoms with Crippen molar-refractivity contribution >= 4 is 18.2 Å². The molecule has 0 spiro atoms. The summed E-state index contributed by atoms with van der Waals surface area (Å²) in [5.41, 5.74) is -2.59. The number of methoxy groups -OCH3 is 2. The number of hydrogen-bond acceptors (Lipinski definition) is 2. The van der Waals surface area contributed by atoms with Crippen molar-refractivity contribution < 1.29 is 40.2 Å². The van der Waals surface area contributed by atoms with Crippen LogP contribution in [0.5, 0.6) is 11.5 Å². The molecule has 24 heavy (non-hydrogen) atoms. The summed E-state index contributed by atoms with van der Waals surface area (Å²) in [5.74, 6) is -14.8. The average Bonchev–Trinajstić information content (AvgIpc) is 2.56. The predicted molar refractivity (Wildman–Crippen MR) is 70.7 cm³/mol. The number of rotatable bonds is 4. The Kier molecular flexibility index (Phi) is 4.95. The van der Waals surface area contributed by atoms with Crippen LogP contribution < -0.4 is 20.4 Å². The van der Waals surface area contributed by atoms with Crippen LogP contribution in [0.25, 0.3) is 0 Å². The van der Waals surface area contributed by atoms with E-state index in [1.807, 2.05) is 0 Å². The minimum atomic E-state index is -2.12. The lowest BCUT2D eigenvalue weighted by Gasteiger charge is -2.13. The molecule has 0 unspecified atom stereocenters. The smallest absolute Gasteiger partial charge is 0.207 e. The predicted octanol–water partition coefficient (Wildman–Crippen LogP) is 2.33. The quantitative estimate of drug-likeness (QED) is 0.364. The molecule has 0 aromatic heterocycles. The van der Waals surface area contributed by atoms with Crippen LogP contribution >= 0.6 is 0 Å². The molecule has 127 valence electrons. The summed E-state index contributed by atoms with van der Waals surface area (Å²) in [6, 6.07) is 0.376. The molecule has 2 aromatic rings. The van der Waals surface area contributed by atoms with Crippen LogP contribution in [-0.4, -0.2) is 21.5 Å². The second-order valence-electron chi connectivity index (χ2n) is 4.45. The molecule has 0 saturated heterocycles. The highest BCUT2D eigenvalue weighted by Gasteiger charge is 2.29. The van der Waals surface area contributed by atoms with Gasteiger partial charge in [-0.05, 0) is 10.9 Å². The van der Waals surface area contributed by atoms with Crippen LogP contribution in [0.2, 0.25) is 0 Å². The molecule has 0 fully saturated rings. The minimum Gasteiger partial charge on any atom is -0.494 e. The van der Waals surface area contributed by atoms with Crippen LogP contribution in [0.3, 0.4) is 0 Å². The molecule has 10 heteroatoms. The summed E-state index contributed by atoms with van der Waals surface area (Å²) in [6.45, 7) is 0. The summed E-state index contributed by atoms with van der Waals surface area (Å²) < 4.78 is 104. The zero-order valence-electron chi connectivity index (χ0n) is 12.1. The second kappa shape index (κ2) is 6.62. The van der Waals surface area contributed by atoms with Crippen molar-refractivity contribution in [3.63, 3.8) is 0 Å². The van der Waals surface area contributed by atoms with Gasteiger partial charge in [0, 0.05) is 6.07 Å². The van der Waals surface area contributed by atoms with E-state index in [1.54, 1.807) is 0 Å². The zero-order chi connectivity index (χ0) is 18.2. The Hall–Kier alpha value is -2.39. The Labute approximate surface area is 132 Å². The van der Waals surface area contributed by atoms with Crippen molar-refractivity contribution in [1.82, 2.24) is 0 Å². The summed E-state index contributed by atoms with van der Waals surface area (Å²) in [6.07, 6.45) is 0. The van der Waals surface area contributed by atoms with E-state index in [2.05, 4.69) is 9.47 Å². The lowest BCUT2D eigenvalue weighted by atomic mass is 9.62. The van der Waals surface area contributed by atoms with Gasteiger partial charge in [-0.1, -0.05) is 0 Å². The lowest BCUT2D eigenvalue weighted by Crippen LogP contribution is -2.38. The lowest BCUT2D eigenvalue weighted by molar-refractivity contribution is 0.338. The van der Waals surface area contributed by atoms with Gasteiger partial charge in [0.25, 0.3) is 0 Å². The van der Waals surface area contributed by atoms with Gasteiger partial charge in [-0.15, -0.1) is 0 Å². The maximum Gasteiger partial charge on any atom is 0.207 e. The molecule has 0 aliphatic carbocycles. The van der Waals surface area contributed by atoms with Crippen molar-refractivity contribution in [2.75, 3.05) is 14.2 Å². The van der Waals surface area contributed by atoms with E-state index >= 15 is 0 Å². The van der Waals surface area contributed by atoms with Crippen molar-refractivity contribution in [1.29, 1.82) is 0 Å². The number of ether oxygens (including phenoxy) is 2. The van der Waals surface area contributed by atoms with Gasteiger partial charge in [0.1, 0.15) is 0 Å². The Balaban J connectivity index is 2.70. The molecular formula is C14H7BF7O2. The normalized spacial score (nSPS) is 10.7. The second-order valence-corrected chi connectivity index (χ2v) is 4.45. The van der Waals surface area contributed by atoms with Gasteiger partial charge in [-0.3, -0.25) is 0 Å². The molecular weight excluding hydrogens is 344 g/mol. The van der Waals surface area contributed by atoms with Crippen LogP contribution in [0, 0.1) is 40.7 Å². The molecule has 0 bridgehead atoms. The first-order valence-corrected chi connectivity index (χ1v) is 6.20. The van der Waals surface area contributed by atoms with E-state index in [1.165, 1.54) is 0 Å². The SMILES string of the molecule is COc1cc(F)c(F)c([B]c2c(F)c(F)c(F)c(OC)c2F)c1F. The fourth-order valence-corrected chi connectivity index (χ4v) is 1.95. The molecule has 0 aliphatic rings. The fourth-order valence-electron chi connectivity index (χ4n) is 1.95. The van der Waals surface area contributed by atoms with Gasteiger partial charge in [0.2, 0.25) is 13.1 Å². The van der Waals surface area contributed by atoms with Gasteiger partial charge in [0.05, 0.1) is 14.2 Å². The highest BCUT2D eigenvalue weighted by atomic mass is 19.2. The molecule has 0 N–H and O–H groups in total. The first-order chi connectivity index (χ1) is 11.2. The summed E-state index contributed by atoms with van der Waals surface area (Å²) in [5, 5.41) is 0. The summed E-state index contributed by atoms with van der Waals surface area (Å²) in [4.78, 5) is 0. The molecule has 0 aliphatic heterocycles. The average molecular weight is 351 g/mol. The highest BCUT2D eigenvalue weighted by Crippen LogP contribution is 2.25. The van der Waals surface area contributed by atoms with Crippen LogP contribution in [0.1, 0.15) is 0 Å². The van der Waals surface area contributed by atoms with Gasteiger partial charge >= 0.3 is 0 Å².